The lowest BCUT2D eigenvalue weighted by Gasteiger charge is -2.38. The van der Waals surface area contributed by atoms with E-state index in [0.717, 1.165) is 12.1 Å². The van der Waals surface area contributed by atoms with Gasteiger partial charge in [0.05, 0.1) is 18.1 Å². The lowest BCUT2D eigenvalue weighted by molar-refractivity contribution is 0.475. The maximum atomic E-state index is 14.6. The molecule has 0 unspecified atom stereocenters. The van der Waals surface area contributed by atoms with Crippen molar-refractivity contribution in [2.75, 3.05) is 5.75 Å². The first-order valence-electron chi connectivity index (χ1n) is 8.59. The maximum absolute atomic E-state index is 14.6. The number of rotatable bonds is 3. The Morgan fingerprint density at radius 2 is 1.93 bits per heavy atom. The maximum Gasteiger partial charge on any atom is 0.165 e. The molecule has 0 radical (unpaired) electrons. The lowest BCUT2D eigenvalue weighted by Crippen LogP contribution is -2.55. The van der Waals surface area contributed by atoms with Crippen LogP contribution in [0.5, 0.6) is 0 Å². The highest BCUT2D eigenvalue weighted by atomic mass is 35.5. The molecular weight excluding hydrogens is 422 g/mol. The van der Waals surface area contributed by atoms with Crippen LogP contribution in [0.15, 0.2) is 35.6 Å². The molecule has 0 bridgehead atoms. The summed E-state index contributed by atoms with van der Waals surface area (Å²) in [7, 11) is -3.71. The number of hydrogen-bond acceptors (Lipinski definition) is 6. The van der Waals surface area contributed by atoms with Gasteiger partial charge < -0.3 is 5.73 Å². The summed E-state index contributed by atoms with van der Waals surface area (Å²) < 4.78 is 53.2. The van der Waals surface area contributed by atoms with Crippen LogP contribution in [0.25, 0.3) is 11.9 Å². The van der Waals surface area contributed by atoms with E-state index in [9.17, 15) is 17.2 Å². The Morgan fingerprint density at radius 1 is 1.24 bits per heavy atom. The third-order valence-electron chi connectivity index (χ3n) is 4.96. The van der Waals surface area contributed by atoms with Crippen LogP contribution < -0.4 is 5.73 Å². The van der Waals surface area contributed by atoms with Gasteiger partial charge in [-0.15, -0.1) is 0 Å². The average Bonchev–Trinajstić information content (AvgIpc) is 2.62. The molecule has 1 aromatic heterocycles. The van der Waals surface area contributed by atoms with Crippen molar-refractivity contribution in [3.8, 4) is 0 Å². The second kappa shape index (κ2) is 7.14. The van der Waals surface area contributed by atoms with Gasteiger partial charge in [-0.05, 0) is 44.5 Å². The first-order chi connectivity index (χ1) is 13.4. The minimum atomic E-state index is -3.71. The molecule has 6 nitrogen and oxygen atoms in total. The van der Waals surface area contributed by atoms with Gasteiger partial charge in [-0.1, -0.05) is 17.7 Å². The SMILES string of the molecule is CC1(C)C(N)=N[C@](C)(c2cc(/C=C(\F)c3cnc(Cl)cn3)ccc2F)CS1(=O)=O. The zero-order valence-electron chi connectivity index (χ0n) is 15.9. The predicted octanol–water partition coefficient (Wildman–Crippen LogP) is 3.52. The fourth-order valence-corrected chi connectivity index (χ4v) is 4.76. The van der Waals surface area contributed by atoms with E-state index in [1.807, 2.05) is 0 Å². The molecule has 2 heterocycles. The Morgan fingerprint density at radius 3 is 2.52 bits per heavy atom. The summed E-state index contributed by atoms with van der Waals surface area (Å²) in [6.07, 6.45) is 3.51. The molecular formula is C19H19ClF2N4O2S. The van der Waals surface area contributed by atoms with E-state index in [2.05, 4.69) is 15.0 Å². The van der Waals surface area contributed by atoms with Gasteiger partial charge in [0.1, 0.15) is 32.8 Å². The quantitative estimate of drug-likeness (QED) is 0.787. The summed E-state index contributed by atoms with van der Waals surface area (Å²) in [4.78, 5) is 11.9. The van der Waals surface area contributed by atoms with Gasteiger partial charge in [0.2, 0.25) is 0 Å². The van der Waals surface area contributed by atoms with Gasteiger partial charge in [0, 0.05) is 5.56 Å². The molecule has 0 amide bonds. The standard InChI is InChI=1S/C19H19ClF2N4O2S/c1-18(2)17(23)26-19(3,10-29(18,27)28)12-6-11(4-5-13(12)21)7-14(22)15-8-25-16(20)9-24-15/h4-9H,10H2,1-3H3,(H2,23,26)/b14-7-/t19-/m0/s1. The van der Waals surface area contributed by atoms with Gasteiger partial charge in [0.25, 0.3) is 0 Å². The number of hydrogen-bond donors (Lipinski definition) is 1. The highest BCUT2D eigenvalue weighted by molar-refractivity contribution is 7.93. The molecule has 3 rings (SSSR count). The molecule has 2 N–H and O–H groups in total. The minimum absolute atomic E-state index is 0.00302. The summed E-state index contributed by atoms with van der Waals surface area (Å²) in [5, 5.41) is 0.121. The number of amidine groups is 1. The fourth-order valence-electron chi connectivity index (χ4n) is 2.98. The molecule has 0 saturated carbocycles. The van der Waals surface area contributed by atoms with E-state index in [1.165, 1.54) is 45.3 Å². The molecule has 1 aromatic carbocycles. The Hall–Kier alpha value is -2.39. The fraction of sp³-hybridized carbons (Fsp3) is 0.316. The van der Waals surface area contributed by atoms with E-state index < -0.39 is 37.5 Å². The highest BCUT2D eigenvalue weighted by Gasteiger charge is 2.49. The molecule has 1 atom stereocenters. The third-order valence-corrected chi connectivity index (χ3v) is 7.86. The molecule has 29 heavy (non-hydrogen) atoms. The summed E-state index contributed by atoms with van der Waals surface area (Å²) in [6.45, 7) is 4.40. The van der Waals surface area contributed by atoms with Crippen molar-refractivity contribution in [3.05, 3.63) is 58.4 Å². The number of halogens is 3. The molecule has 0 saturated heterocycles. The number of sulfone groups is 1. The summed E-state index contributed by atoms with van der Waals surface area (Å²) >= 11 is 5.64. The Balaban J connectivity index is 2.07. The summed E-state index contributed by atoms with van der Waals surface area (Å²) in [6, 6.07) is 3.84. The molecule has 2 aromatic rings. The van der Waals surface area contributed by atoms with Crippen molar-refractivity contribution in [1.29, 1.82) is 0 Å². The first-order valence-corrected chi connectivity index (χ1v) is 10.6. The largest absolute Gasteiger partial charge is 0.386 e. The van der Waals surface area contributed by atoms with Crippen molar-refractivity contribution in [2.45, 2.75) is 31.1 Å². The van der Waals surface area contributed by atoms with Crippen molar-refractivity contribution in [2.24, 2.45) is 10.7 Å². The van der Waals surface area contributed by atoms with E-state index in [0.29, 0.717) is 5.56 Å². The summed E-state index contributed by atoms with van der Waals surface area (Å²) in [5.74, 6) is -1.91. The van der Waals surface area contributed by atoms with Crippen LogP contribution in [0.2, 0.25) is 5.15 Å². The molecule has 0 spiro atoms. The molecule has 0 aliphatic carbocycles. The van der Waals surface area contributed by atoms with Gasteiger partial charge in [-0.2, -0.15) is 0 Å². The zero-order chi connectivity index (χ0) is 21.6. The van der Waals surface area contributed by atoms with Gasteiger partial charge in [-0.3, -0.25) is 4.99 Å². The molecule has 10 heteroatoms. The van der Waals surface area contributed by atoms with Crippen molar-refractivity contribution >= 4 is 39.2 Å². The van der Waals surface area contributed by atoms with Crippen LogP contribution in [-0.4, -0.2) is 34.7 Å². The smallest absolute Gasteiger partial charge is 0.165 e. The van der Waals surface area contributed by atoms with Crippen LogP contribution in [0, 0.1) is 5.82 Å². The van der Waals surface area contributed by atoms with Crippen LogP contribution in [0.3, 0.4) is 0 Å². The number of nitrogens with zero attached hydrogens (tertiary/aromatic N) is 3. The molecule has 154 valence electrons. The second-order valence-electron chi connectivity index (χ2n) is 7.50. The van der Waals surface area contributed by atoms with E-state index in [4.69, 9.17) is 17.3 Å². The number of aromatic nitrogens is 2. The highest BCUT2D eigenvalue weighted by Crippen LogP contribution is 2.38. The van der Waals surface area contributed by atoms with Crippen molar-refractivity contribution in [3.63, 3.8) is 0 Å². The Kier molecular flexibility index (Phi) is 5.25. The molecule has 0 fully saturated rings. The number of benzene rings is 1. The predicted molar refractivity (Wildman–Crippen MR) is 109 cm³/mol. The van der Waals surface area contributed by atoms with Gasteiger partial charge >= 0.3 is 0 Å². The van der Waals surface area contributed by atoms with Crippen LogP contribution >= 0.6 is 11.6 Å². The second-order valence-corrected chi connectivity index (χ2v) is 10.4. The van der Waals surface area contributed by atoms with Crippen molar-refractivity contribution in [1.82, 2.24) is 9.97 Å². The Bertz CT molecular complexity index is 1130. The monoisotopic (exact) mass is 440 g/mol. The minimum Gasteiger partial charge on any atom is -0.386 e. The Labute approximate surface area is 172 Å². The van der Waals surface area contributed by atoms with Crippen LogP contribution in [0.4, 0.5) is 8.78 Å². The molecule has 1 aliphatic rings. The van der Waals surface area contributed by atoms with E-state index >= 15 is 0 Å². The number of nitrogens with two attached hydrogens (primary N) is 1. The third kappa shape index (κ3) is 3.89. The van der Waals surface area contributed by atoms with Crippen LogP contribution in [-0.2, 0) is 15.4 Å². The molecule has 1 aliphatic heterocycles. The van der Waals surface area contributed by atoms with Gasteiger partial charge in [0.15, 0.2) is 15.7 Å². The van der Waals surface area contributed by atoms with Crippen LogP contribution in [0.1, 0.15) is 37.6 Å². The van der Waals surface area contributed by atoms with E-state index in [-0.39, 0.29) is 22.2 Å². The van der Waals surface area contributed by atoms with E-state index in [1.54, 1.807) is 0 Å². The average molecular weight is 441 g/mol. The van der Waals surface area contributed by atoms with Gasteiger partial charge in [-0.25, -0.2) is 27.2 Å². The summed E-state index contributed by atoms with van der Waals surface area (Å²) in [5.41, 5.74) is 4.72. The first kappa shape index (κ1) is 21.3. The zero-order valence-corrected chi connectivity index (χ0v) is 17.5. The lowest BCUT2D eigenvalue weighted by atomic mass is 9.91. The topological polar surface area (TPSA) is 98.3 Å². The number of aliphatic imine (C=N–C) groups is 1. The normalized spacial score (nSPS) is 23.5. The van der Waals surface area contributed by atoms with Crippen molar-refractivity contribution < 1.29 is 17.2 Å².